The van der Waals surface area contributed by atoms with Crippen molar-refractivity contribution >= 4 is 33.7 Å². The zero-order valence-corrected chi connectivity index (χ0v) is 28.1. The summed E-state index contributed by atoms with van der Waals surface area (Å²) >= 11 is 0.149. The third kappa shape index (κ3) is 31.3. The number of carbonyl (C=O) groups is 2. The summed E-state index contributed by atoms with van der Waals surface area (Å²) in [4.78, 5) is 20.0. The SMILES string of the molecule is C1CCCC1.C1CCCC1.CCC[CH2][Sn+2][CH2]CCC.O=CC1[CH-]CCC1.O=CC1[CH-]CCC1.[Fe+2].[Fe+2]. The molecule has 0 saturated heterocycles. The van der Waals surface area contributed by atoms with Gasteiger partial charge in [0.15, 0.2) is 0 Å². The van der Waals surface area contributed by atoms with Crippen LogP contribution in [0.1, 0.15) is 142 Å². The average molecular weight is 679 g/mol. The van der Waals surface area contributed by atoms with Gasteiger partial charge in [-0.1, -0.05) is 89.9 Å². The van der Waals surface area contributed by atoms with Gasteiger partial charge in [0.05, 0.1) is 12.6 Å². The van der Waals surface area contributed by atoms with Crippen LogP contribution in [0.4, 0.5) is 0 Å². The van der Waals surface area contributed by atoms with Gasteiger partial charge in [-0.2, -0.15) is 12.8 Å². The molecule has 2 atom stereocenters. The zero-order chi connectivity index (χ0) is 24.2. The third-order valence-corrected chi connectivity index (χ3v) is 10.7. The van der Waals surface area contributed by atoms with Crippen LogP contribution in [0.3, 0.4) is 0 Å². The van der Waals surface area contributed by atoms with E-state index in [9.17, 15) is 9.59 Å². The number of rotatable bonds is 8. The fourth-order valence-corrected chi connectivity index (χ4v) is 8.51. The molecule has 4 rings (SSSR count). The monoisotopic (exact) mass is 680 g/mol. The van der Waals surface area contributed by atoms with Crippen molar-refractivity contribution in [1.82, 2.24) is 0 Å². The first-order chi connectivity index (χ1) is 16.3. The maximum absolute atomic E-state index is 9.98. The Morgan fingerprint density at radius 1 is 0.600 bits per heavy atom. The average Bonchev–Trinajstić information content (AvgIpc) is 3.69. The molecule has 4 aliphatic rings. The topological polar surface area (TPSA) is 34.1 Å². The second-order valence-corrected chi connectivity index (χ2v) is 14.2. The first kappa shape index (κ1) is 40.7. The van der Waals surface area contributed by atoms with Crippen LogP contribution in [0.15, 0.2) is 0 Å². The maximum atomic E-state index is 9.98. The molecule has 2 nitrogen and oxygen atoms in total. The molecule has 0 N–H and O–H groups in total. The van der Waals surface area contributed by atoms with E-state index in [1.165, 1.54) is 103 Å². The first-order valence-electron chi connectivity index (χ1n) is 14.6. The standard InChI is InChI=1S/2C6H9O.2C5H10.2C4H9.2Fe.Sn/c2*7-5-6-3-1-2-4-6;2*1-2-4-5-3-1;2*1-3-4-2;;;/h2*3,5-6H,1-2,4H2;2*1-5H2;2*1,3-4H2,2H3;;;/q2*-1;;;;;3*+2. The second-order valence-electron chi connectivity index (χ2n) is 9.93. The molecule has 4 aliphatic carbocycles. The Kier molecular flexibility index (Phi) is 40.9. The summed E-state index contributed by atoms with van der Waals surface area (Å²) in [5, 5.41) is 0. The molecule has 0 amide bonds. The van der Waals surface area contributed by atoms with E-state index in [-0.39, 0.29) is 55.3 Å². The molecule has 204 valence electrons. The minimum Gasteiger partial charge on any atom is -0.319 e. The van der Waals surface area contributed by atoms with Gasteiger partial charge in [-0.3, -0.25) is 0 Å². The van der Waals surface area contributed by atoms with Crippen LogP contribution in [0, 0.1) is 24.7 Å². The van der Waals surface area contributed by atoms with E-state index < -0.39 is 0 Å². The third-order valence-electron chi connectivity index (χ3n) is 6.69. The van der Waals surface area contributed by atoms with Gasteiger partial charge in [0.2, 0.25) is 0 Å². The Morgan fingerprint density at radius 2 is 0.914 bits per heavy atom. The normalized spacial score (nSPS) is 21.4. The van der Waals surface area contributed by atoms with Gasteiger partial charge in [0.25, 0.3) is 0 Å². The van der Waals surface area contributed by atoms with E-state index in [1.54, 1.807) is 8.87 Å². The number of hydrogen-bond acceptors (Lipinski definition) is 2. The Balaban J connectivity index is -0.000000365. The summed E-state index contributed by atoms with van der Waals surface area (Å²) in [6.45, 7) is 4.58. The van der Waals surface area contributed by atoms with Crippen LogP contribution >= 0.6 is 0 Å². The van der Waals surface area contributed by atoms with Crippen LogP contribution < -0.4 is 0 Å². The summed E-state index contributed by atoms with van der Waals surface area (Å²) in [6.07, 6.45) is 34.0. The molecule has 35 heavy (non-hydrogen) atoms. The molecule has 5 heteroatoms. The van der Waals surface area contributed by atoms with Crippen molar-refractivity contribution in [3.8, 4) is 0 Å². The number of unbranched alkanes of at least 4 members (excludes halogenated alkanes) is 2. The van der Waals surface area contributed by atoms with Crippen LogP contribution in [-0.2, 0) is 43.7 Å². The van der Waals surface area contributed by atoms with Gasteiger partial charge in [0, 0.05) is 0 Å². The summed E-state index contributed by atoms with van der Waals surface area (Å²) in [7, 11) is 0. The molecule has 0 bridgehead atoms. The smallest absolute Gasteiger partial charge is 0.319 e. The molecule has 0 aromatic carbocycles. The number of carbonyl (C=O) groups excluding carboxylic acids is 2. The minimum atomic E-state index is 0. The largest absolute Gasteiger partial charge is 2.00 e. The molecule has 0 spiro atoms. The van der Waals surface area contributed by atoms with E-state index >= 15 is 0 Å². The molecule has 0 aromatic heterocycles. The maximum Gasteiger partial charge on any atom is 2.00 e. The number of hydrogen-bond donors (Lipinski definition) is 0. The quantitative estimate of drug-likeness (QED) is 0.111. The molecule has 0 radical (unpaired) electrons. The second kappa shape index (κ2) is 35.2. The van der Waals surface area contributed by atoms with Gasteiger partial charge in [0.1, 0.15) is 0 Å². The van der Waals surface area contributed by atoms with Crippen LogP contribution in [-0.4, -0.2) is 33.7 Å². The summed E-state index contributed by atoms with van der Waals surface area (Å²) < 4.78 is 3.25. The molecule has 4 saturated carbocycles. The van der Waals surface area contributed by atoms with Crippen molar-refractivity contribution < 1.29 is 43.7 Å². The predicted octanol–water partition coefficient (Wildman–Crippen LogP) is 9.40. The van der Waals surface area contributed by atoms with Gasteiger partial charge in [-0.05, 0) is 0 Å². The Labute approximate surface area is 251 Å². The van der Waals surface area contributed by atoms with E-state index in [4.69, 9.17) is 0 Å². The summed E-state index contributed by atoms with van der Waals surface area (Å²) in [5.41, 5.74) is 0. The zero-order valence-electron chi connectivity index (χ0n) is 23.0. The van der Waals surface area contributed by atoms with E-state index in [2.05, 4.69) is 26.7 Å². The fraction of sp³-hybridized carbons (Fsp3) is 0.867. The number of aldehydes is 2. The van der Waals surface area contributed by atoms with Crippen molar-refractivity contribution in [1.29, 1.82) is 0 Å². The van der Waals surface area contributed by atoms with E-state index in [1.807, 2.05) is 0 Å². The predicted molar refractivity (Wildman–Crippen MR) is 147 cm³/mol. The molecule has 0 heterocycles. The Morgan fingerprint density at radius 3 is 1.09 bits per heavy atom. The molecular formula is C30H56Fe2O2Sn+4. The van der Waals surface area contributed by atoms with Gasteiger partial charge < -0.3 is 22.4 Å². The molecule has 2 unspecified atom stereocenters. The van der Waals surface area contributed by atoms with Gasteiger partial charge in [-0.25, -0.2) is 0 Å². The van der Waals surface area contributed by atoms with E-state index in [0.29, 0.717) is 11.8 Å². The van der Waals surface area contributed by atoms with Crippen molar-refractivity contribution in [2.24, 2.45) is 11.8 Å². The molecule has 4 fully saturated rings. The molecule has 0 aliphatic heterocycles. The van der Waals surface area contributed by atoms with Crippen molar-refractivity contribution in [2.75, 3.05) is 0 Å². The van der Waals surface area contributed by atoms with E-state index in [0.717, 1.165) is 38.3 Å². The Hall–Kier alpha value is 1.18. The van der Waals surface area contributed by atoms with Crippen LogP contribution in [0.25, 0.3) is 0 Å². The summed E-state index contributed by atoms with van der Waals surface area (Å²) in [6, 6.07) is 0. The minimum absolute atomic E-state index is 0. The van der Waals surface area contributed by atoms with Crippen molar-refractivity contribution in [3.63, 3.8) is 0 Å². The molecule has 0 aromatic rings. The van der Waals surface area contributed by atoms with Crippen LogP contribution in [0.2, 0.25) is 8.87 Å². The van der Waals surface area contributed by atoms with Crippen LogP contribution in [0.5, 0.6) is 0 Å². The molecular weight excluding hydrogens is 623 g/mol. The van der Waals surface area contributed by atoms with Crippen molar-refractivity contribution in [2.45, 2.75) is 151 Å². The van der Waals surface area contributed by atoms with Gasteiger partial charge >= 0.3 is 104 Å². The van der Waals surface area contributed by atoms with Gasteiger partial charge in [-0.15, -0.1) is 11.8 Å². The fourth-order valence-electron chi connectivity index (χ4n) is 4.35. The first-order valence-corrected chi connectivity index (χ1v) is 18.6. The summed E-state index contributed by atoms with van der Waals surface area (Å²) in [5.74, 6) is 0.583. The van der Waals surface area contributed by atoms with Crippen molar-refractivity contribution in [3.05, 3.63) is 12.8 Å². The Bertz CT molecular complexity index is 339.